The molecule has 3 rings (SSSR count). The third kappa shape index (κ3) is 3.62. The fraction of sp³-hybridized carbons (Fsp3) is 0.0588. The van der Waals surface area contributed by atoms with Gasteiger partial charge >= 0.3 is 0 Å². The van der Waals surface area contributed by atoms with Crippen molar-refractivity contribution in [3.63, 3.8) is 0 Å². The predicted molar refractivity (Wildman–Crippen MR) is 94.0 cm³/mol. The summed E-state index contributed by atoms with van der Waals surface area (Å²) >= 11 is 6.18. The molecule has 5 nitrogen and oxygen atoms in total. The first kappa shape index (κ1) is 16.6. The van der Waals surface area contributed by atoms with Crippen LogP contribution in [0.4, 0.5) is 5.69 Å². The van der Waals surface area contributed by atoms with Crippen molar-refractivity contribution in [3.05, 3.63) is 71.6 Å². The Morgan fingerprint density at radius 1 is 1.08 bits per heavy atom. The average Bonchev–Trinajstić information content (AvgIpc) is 3.07. The second-order valence-electron chi connectivity index (χ2n) is 5.17. The molecule has 0 unspecified atom stereocenters. The maximum atomic E-state index is 12.3. The van der Waals surface area contributed by atoms with E-state index in [0.29, 0.717) is 16.5 Å². The van der Waals surface area contributed by atoms with E-state index in [1.54, 1.807) is 42.5 Å². The summed E-state index contributed by atoms with van der Waals surface area (Å²) in [5.74, 6) is 0.545. The lowest BCUT2D eigenvalue weighted by molar-refractivity contribution is 0.498. The van der Waals surface area contributed by atoms with Crippen LogP contribution in [-0.2, 0) is 16.6 Å². The molecule has 0 radical (unpaired) electrons. The minimum Gasteiger partial charge on any atom is -0.468 e. The van der Waals surface area contributed by atoms with Crippen molar-refractivity contribution in [1.82, 2.24) is 4.72 Å². The third-order valence-corrected chi connectivity index (χ3v) is 5.22. The molecule has 7 heteroatoms. The summed E-state index contributed by atoms with van der Waals surface area (Å²) in [6, 6.07) is 15.1. The SMILES string of the molecule is Nc1ccc(-c2ccc(S(=O)(=O)NCc3ccco3)cc2)c(Cl)c1. The van der Waals surface area contributed by atoms with Crippen LogP contribution in [0.3, 0.4) is 0 Å². The number of hydrogen-bond acceptors (Lipinski definition) is 4. The summed E-state index contributed by atoms with van der Waals surface area (Å²) in [7, 11) is -3.62. The molecular formula is C17H15ClN2O3S. The highest BCUT2D eigenvalue weighted by Gasteiger charge is 2.15. The van der Waals surface area contributed by atoms with Gasteiger partial charge in [0.2, 0.25) is 10.0 Å². The van der Waals surface area contributed by atoms with Crippen LogP contribution in [-0.4, -0.2) is 8.42 Å². The number of nitrogens with one attached hydrogen (secondary N) is 1. The van der Waals surface area contributed by atoms with Gasteiger partial charge in [-0.2, -0.15) is 0 Å². The Morgan fingerprint density at radius 2 is 1.83 bits per heavy atom. The molecule has 3 N–H and O–H groups in total. The molecule has 0 fully saturated rings. The van der Waals surface area contributed by atoms with Gasteiger partial charge in [-0.3, -0.25) is 0 Å². The zero-order valence-electron chi connectivity index (χ0n) is 12.6. The van der Waals surface area contributed by atoms with Gasteiger partial charge < -0.3 is 10.2 Å². The zero-order valence-corrected chi connectivity index (χ0v) is 14.1. The highest BCUT2D eigenvalue weighted by Crippen LogP contribution is 2.30. The maximum Gasteiger partial charge on any atom is 0.240 e. The Morgan fingerprint density at radius 3 is 2.46 bits per heavy atom. The first-order valence-electron chi connectivity index (χ1n) is 7.13. The van der Waals surface area contributed by atoms with Crippen LogP contribution in [0, 0.1) is 0 Å². The summed E-state index contributed by atoms with van der Waals surface area (Å²) in [6.45, 7) is 0.0981. The van der Waals surface area contributed by atoms with Crippen molar-refractivity contribution >= 4 is 27.3 Å². The lowest BCUT2D eigenvalue weighted by Crippen LogP contribution is -2.22. The molecule has 0 aliphatic carbocycles. The van der Waals surface area contributed by atoms with Gasteiger partial charge in [0.1, 0.15) is 5.76 Å². The first-order valence-corrected chi connectivity index (χ1v) is 8.99. The van der Waals surface area contributed by atoms with E-state index in [2.05, 4.69) is 4.72 Å². The second kappa shape index (κ2) is 6.68. The lowest BCUT2D eigenvalue weighted by atomic mass is 10.1. The van der Waals surface area contributed by atoms with Gasteiger partial charge in [-0.1, -0.05) is 29.8 Å². The van der Waals surface area contributed by atoms with E-state index >= 15 is 0 Å². The second-order valence-corrected chi connectivity index (χ2v) is 7.34. The molecule has 0 spiro atoms. The number of halogens is 1. The minimum atomic E-state index is -3.62. The van der Waals surface area contributed by atoms with Crippen molar-refractivity contribution in [2.24, 2.45) is 0 Å². The van der Waals surface area contributed by atoms with Crippen LogP contribution in [0.1, 0.15) is 5.76 Å². The van der Waals surface area contributed by atoms with Crippen molar-refractivity contribution in [3.8, 4) is 11.1 Å². The van der Waals surface area contributed by atoms with E-state index in [1.165, 1.54) is 18.4 Å². The van der Waals surface area contributed by atoms with Crippen molar-refractivity contribution in [2.45, 2.75) is 11.4 Å². The van der Waals surface area contributed by atoms with Gasteiger partial charge in [0.05, 0.1) is 22.7 Å². The van der Waals surface area contributed by atoms with Crippen molar-refractivity contribution < 1.29 is 12.8 Å². The number of benzene rings is 2. The number of sulfonamides is 1. The van der Waals surface area contributed by atoms with E-state index in [0.717, 1.165) is 11.1 Å². The van der Waals surface area contributed by atoms with E-state index in [4.69, 9.17) is 21.8 Å². The number of nitrogens with two attached hydrogens (primary N) is 1. The number of hydrogen-bond donors (Lipinski definition) is 2. The highest BCUT2D eigenvalue weighted by molar-refractivity contribution is 7.89. The van der Waals surface area contributed by atoms with E-state index in [9.17, 15) is 8.42 Å². The predicted octanol–water partition coefficient (Wildman–Crippen LogP) is 3.66. The minimum absolute atomic E-state index is 0.0981. The quantitative estimate of drug-likeness (QED) is 0.678. The van der Waals surface area contributed by atoms with Crippen LogP contribution < -0.4 is 10.5 Å². The average molecular weight is 363 g/mol. The number of rotatable bonds is 5. The Kier molecular flexibility index (Phi) is 4.62. The van der Waals surface area contributed by atoms with Gasteiger partial charge in [-0.25, -0.2) is 13.1 Å². The number of anilines is 1. The van der Waals surface area contributed by atoms with Gasteiger partial charge in [-0.05, 0) is 42.0 Å². The standard InChI is InChI=1S/C17H15ClN2O3S/c18-17-10-13(19)5-8-16(17)12-3-6-15(7-4-12)24(21,22)20-11-14-2-1-9-23-14/h1-10,20H,11,19H2. The van der Waals surface area contributed by atoms with Crippen LogP contribution >= 0.6 is 11.6 Å². The smallest absolute Gasteiger partial charge is 0.240 e. The highest BCUT2D eigenvalue weighted by atomic mass is 35.5. The van der Waals surface area contributed by atoms with Crippen molar-refractivity contribution in [1.29, 1.82) is 0 Å². The fourth-order valence-electron chi connectivity index (χ4n) is 2.24. The van der Waals surface area contributed by atoms with Crippen molar-refractivity contribution in [2.75, 3.05) is 5.73 Å². The van der Waals surface area contributed by atoms with Gasteiger partial charge in [0, 0.05) is 11.3 Å². The largest absolute Gasteiger partial charge is 0.468 e. The Hall–Kier alpha value is -2.28. The monoisotopic (exact) mass is 362 g/mol. The first-order chi connectivity index (χ1) is 11.5. The van der Waals surface area contributed by atoms with E-state index in [-0.39, 0.29) is 11.4 Å². The van der Waals surface area contributed by atoms with E-state index in [1.807, 2.05) is 0 Å². The van der Waals surface area contributed by atoms with Crippen LogP contribution in [0.15, 0.2) is 70.2 Å². The molecule has 0 saturated heterocycles. The Labute approximate surface area is 145 Å². The molecule has 0 atom stereocenters. The molecule has 0 bridgehead atoms. The topological polar surface area (TPSA) is 85.3 Å². The van der Waals surface area contributed by atoms with Gasteiger partial charge in [-0.15, -0.1) is 0 Å². The molecule has 24 heavy (non-hydrogen) atoms. The third-order valence-electron chi connectivity index (χ3n) is 3.49. The molecule has 0 aliphatic heterocycles. The molecule has 2 aromatic carbocycles. The van der Waals surface area contributed by atoms with Crippen LogP contribution in [0.2, 0.25) is 5.02 Å². The fourth-order valence-corrected chi connectivity index (χ4v) is 3.53. The van der Waals surface area contributed by atoms with Gasteiger partial charge in [0.15, 0.2) is 0 Å². The lowest BCUT2D eigenvalue weighted by Gasteiger charge is -2.08. The normalized spacial score (nSPS) is 11.5. The number of furan rings is 1. The Bertz CT molecular complexity index is 936. The molecule has 0 amide bonds. The van der Waals surface area contributed by atoms with Crippen LogP contribution in [0.5, 0.6) is 0 Å². The number of nitrogen functional groups attached to an aromatic ring is 1. The Balaban J connectivity index is 1.80. The maximum absolute atomic E-state index is 12.3. The summed E-state index contributed by atoms with van der Waals surface area (Å²) in [5, 5.41) is 0.515. The summed E-state index contributed by atoms with van der Waals surface area (Å²) in [5.41, 5.74) is 7.86. The molecule has 0 aliphatic rings. The molecule has 124 valence electrons. The molecule has 3 aromatic rings. The molecule has 1 heterocycles. The van der Waals surface area contributed by atoms with E-state index < -0.39 is 10.0 Å². The summed E-state index contributed by atoms with van der Waals surface area (Å²) in [6.07, 6.45) is 1.49. The van der Waals surface area contributed by atoms with Gasteiger partial charge in [0.25, 0.3) is 0 Å². The molecule has 1 aromatic heterocycles. The van der Waals surface area contributed by atoms with Crippen LogP contribution in [0.25, 0.3) is 11.1 Å². The molecule has 0 saturated carbocycles. The summed E-state index contributed by atoms with van der Waals surface area (Å²) < 4.78 is 32.2. The zero-order chi connectivity index (χ0) is 17.2. The summed E-state index contributed by atoms with van der Waals surface area (Å²) in [4.78, 5) is 0.171. The molecular weight excluding hydrogens is 348 g/mol.